The third-order valence-electron chi connectivity index (χ3n) is 5.44. The summed E-state index contributed by atoms with van der Waals surface area (Å²) in [6, 6.07) is 8.18. The fourth-order valence-corrected chi connectivity index (χ4v) is 4.79. The van der Waals surface area contributed by atoms with Crippen molar-refractivity contribution >= 4 is 17.7 Å². The molecule has 1 aromatic rings. The minimum absolute atomic E-state index is 0.00381. The van der Waals surface area contributed by atoms with E-state index in [1.165, 1.54) is 24.2 Å². The van der Waals surface area contributed by atoms with Crippen LogP contribution < -0.4 is 4.74 Å². The number of esters is 1. The number of piperidine rings is 1. The van der Waals surface area contributed by atoms with Gasteiger partial charge in [0, 0.05) is 37.7 Å². The van der Waals surface area contributed by atoms with Crippen LogP contribution in [0.3, 0.4) is 0 Å². The lowest BCUT2D eigenvalue weighted by atomic mass is 9.97. The number of nitrogens with zero attached hydrogens (tertiary/aromatic N) is 2. The molecular formula is C21H32N2O4S. The zero-order chi connectivity index (χ0) is 19.8. The van der Waals surface area contributed by atoms with Gasteiger partial charge in [-0.1, -0.05) is 12.1 Å². The van der Waals surface area contributed by atoms with Crippen LogP contribution in [0.2, 0.25) is 0 Å². The second kappa shape index (κ2) is 11.0. The monoisotopic (exact) mass is 408 g/mol. The number of rotatable bonds is 8. The second-order valence-corrected chi connectivity index (χ2v) is 8.82. The summed E-state index contributed by atoms with van der Waals surface area (Å²) in [6.45, 7) is 5.69. The largest absolute Gasteiger partial charge is 0.491 e. The predicted molar refractivity (Wildman–Crippen MR) is 112 cm³/mol. The Labute approximate surface area is 172 Å². The number of β-amino-alcohol motifs (C(OH)–C–C–N with tert-alkyl or cyclic N) is 1. The fourth-order valence-electron chi connectivity index (χ4n) is 3.81. The van der Waals surface area contributed by atoms with E-state index in [4.69, 9.17) is 9.47 Å². The average molecular weight is 409 g/mol. The fraction of sp³-hybridized carbons (Fsp3) is 0.667. The summed E-state index contributed by atoms with van der Waals surface area (Å²) < 4.78 is 10.7. The summed E-state index contributed by atoms with van der Waals surface area (Å²) in [5, 5.41) is 10.3. The molecule has 1 aromatic carbocycles. The van der Waals surface area contributed by atoms with Crippen LogP contribution in [0.1, 0.15) is 18.4 Å². The van der Waals surface area contributed by atoms with E-state index in [0.717, 1.165) is 51.3 Å². The molecule has 0 amide bonds. The van der Waals surface area contributed by atoms with Crippen LogP contribution >= 0.6 is 11.8 Å². The molecule has 1 N–H and O–H groups in total. The van der Waals surface area contributed by atoms with Gasteiger partial charge in [-0.2, -0.15) is 11.8 Å². The number of thioether (sulfide) groups is 1. The van der Waals surface area contributed by atoms with Gasteiger partial charge >= 0.3 is 5.97 Å². The Morgan fingerprint density at radius 2 is 1.96 bits per heavy atom. The molecule has 7 heteroatoms. The lowest BCUT2D eigenvalue weighted by Crippen LogP contribution is -2.42. The molecule has 2 fully saturated rings. The molecule has 2 aliphatic heterocycles. The Kier molecular flexibility index (Phi) is 8.45. The van der Waals surface area contributed by atoms with E-state index in [-0.39, 0.29) is 18.5 Å². The summed E-state index contributed by atoms with van der Waals surface area (Å²) in [6.07, 6.45) is 1.03. The number of hydrogen-bond acceptors (Lipinski definition) is 7. The van der Waals surface area contributed by atoms with Gasteiger partial charge < -0.3 is 19.5 Å². The van der Waals surface area contributed by atoms with Crippen LogP contribution in [0, 0.1) is 5.92 Å². The summed E-state index contributed by atoms with van der Waals surface area (Å²) >= 11 is 2.02. The summed E-state index contributed by atoms with van der Waals surface area (Å²) in [7, 11) is 1.44. The van der Waals surface area contributed by atoms with Crippen LogP contribution in [0.25, 0.3) is 0 Å². The number of carbonyl (C=O) groups excluding carboxylic acids is 1. The quantitative estimate of drug-likeness (QED) is 0.659. The molecule has 0 aliphatic carbocycles. The topological polar surface area (TPSA) is 62.2 Å². The summed E-state index contributed by atoms with van der Waals surface area (Å²) in [5.41, 5.74) is 1.25. The Morgan fingerprint density at radius 1 is 1.21 bits per heavy atom. The Bertz CT molecular complexity index is 616. The molecule has 3 rings (SSSR count). The molecule has 0 saturated carbocycles. The van der Waals surface area contributed by atoms with Crippen LogP contribution in [-0.2, 0) is 16.1 Å². The zero-order valence-corrected chi connectivity index (χ0v) is 17.5. The molecular weight excluding hydrogens is 376 g/mol. The molecule has 28 heavy (non-hydrogen) atoms. The molecule has 6 nitrogen and oxygen atoms in total. The number of benzene rings is 1. The third kappa shape index (κ3) is 6.65. The summed E-state index contributed by atoms with van der Waals surface area (Å²) in [5.74, 6) is 3.10. The van der Waals surface area contributed by atoms with Gasteiger partial charge in [0.1, 0.15) is 18.5 Å². The number of aliphatic hydroxyl groups is 1. The molecule has 0 spiro atoms. The van der Waals surface area contributed by atoms with Crippen LogP contribution in [0.15, 0.2) is 24.3 Å². The van der Waals surface area contributed by atoms with E-state index < -0.39 is 6.10 Å². The Morgan fingerprint density at radius 3 is 2.68 bits per heavy atom. The van der Waals surface area contributed by atoms with Crippen molar-refractivity contribution in [2.45, 2.75) is 25.5 Å². The lowest BCUT2D eigenvalue weighted by Gasteiger charge is -2.31. The second-order valence-electron chi connectivity index (χ2n) is 7.60. The average Bonchev–Trinajstić information content (AvgIpc) is 2.73. The first-order valence-electron chi connectivity index (χ1n) is 10.1. The molecule has 1 atom stereocenters. The normalized spacial score (nSPS) is 20.6. The maximum Gasteiger partial charge on any atom is 0.308 e. The van der Waals surface area contributed by atoms with Crippen molar-refractivity contribution in [2.24, 2.45) is 5.92 Å². The molecule has 0 bridgehead atoms. The molecule has 2 saturated heterocycles. The van der Waals surface area contributed by atoms with Gasteiger partial charge in [0.05, 0.1) is 13.0 Å². The minimum atomic E-state index is -0.544. The highest BCUT2D eigenvalue weighted by Gasteiger charge is 2.26. The highest BCUT2D eigenvalue weighted by molar-refractivity contribution is 7.99. The van der Waals surface area contributed by atoms with Gasteiger partial charge in [-0.3, -0.25) is 9.69 Å². The van der Waals surface area contributed by atoms with E-state index in [9.17, 15) is 9.90 Å². The van der Waals surface area contributed by atoms with Crippen molar-refractivity contribution < 1.29 is 19.4 Å². The molecule has 2 aliphatic rings. The van der Waals surface area contributed by atoms with Crippen molar-refractivity contribution in [2.75, 3.05) is 57.9 Å². The molecule has 0 radical (unpaired) electrons. The first-order valence-corrected chi connectivity index (χ1v) is 11.3. The number of ether oxygens (including phenoxy) is 2. The maximum absolute atomic E-state index is 11.6. The maximum atomic E-state index is 11.6. The number of carbonyl (C=O) groups is 1. The predicted octanol–water partition coefficient (Wildman–Crippen LogP) is 1.86. The molecule has 2 heterocycles. The molecule has 0 aromatic heterocycles. The van der Waals surface area contributed by atoms with E-state index >= 15 is 0 Å². The van der Waals surface area contributed by atoms with Crippen molar-refractivity contribution in [3.63, 3.8) is 0 Å². The van der Waals surface area contributed by atoms with Gasteiger partial charge in [-0.25, -0.2) is 0 Å². The van der Waals surface area contributed by atoms with Gasteiger partial charge in [-0.05, 0) is 43.6 Å². The minimum Gasteiger partial charge on any atom is -0.491 e. The highest BCUT2D eigenvalue weighted by Crippen LogP contribution is 2.20. The molecule has 156 valence electrons. The van der Waals surface area contributed by atoms with E-state index in [1.807, 2.05) is 23.9 Å². The van der Waals surface area contributed by atoms with Gasteiger partial charge in [0.25, 0.3) is 0 Å². The lowest BCUT2D eigenvalue weighted by molar-refractivity contribution is -0.147. The Hall–Kier alpha value is -1.28. The zero-order valence-electron chi connectivity index (χ0n) is 16.7. The smallest absolute Gasteiger partial charge is 0.308 e. The van der Waals surface area contributed by atoms with Crippen LogP contribution in [-0.4, -0.2) is 84.9 Å². The standard InChI is InChI=1S/C21H32N2O4S/c1-26-21(25)18-5-7-22(8-6-18)15-19(24)16-27-20-4-2-3-17(13-20)14-23-9-11-28-12-10-23/h2-4,13,18-19,24H,5-12,14-16H2,1H3/t19-/m0/s1. The summed E-state index contributed by atoms with van der Waals surface area (Å²) in [4.78, 5) is 16.3. The number of methoxy groups -OCH3 is 1. The van der Waals surface area contributed by atoms with Crippen molar-refractivity contribution in [3.8, 4) is 5.75 Å². The van der Waals surface area contributed by atoms with Gasteiger partial charge in [0.2, 0.25) is 0 Å². The number of likely N-dealkylation sites (tertiary alicyclic amines) is 1. The SMILES string of the molecule is COC(=O)C1CCN(C[C@H](O)COc2cccc(CN3CCSCC3)c2)CC1. The van der Waals surface area contributed by atoms with Gasteiger partial charge in [-0.15, -0.1) is 0 Å². The van der Waals surface area contributed by atoms with Crippen LogP contribution in [0.5, 0.6) is 5.75 Å². The van der Waals surface area contributed by atoms with Crippen LogP contribution in [0.4, 0.5) is 0 Å². The first-order chi connectivity index (χ1) is 13.6. The highest BCUT2D eigenvalue weighted by atomic mass is 32.2. The number of hydrogen-bond donors (Lipinski definition) is 1. The van der Waals surface area contributed by atoms with E-state index in [0.29, 0.717) is 6.54 Å². The Balaban J connectivity index is 1.39. The van der Waals surface area contributed by atoms with Gasteiger partial charge in [0.15, 0.2) is 0 Å². The van der Waals surface area contributed by atoms with Crippen molar-refractivity contribution in [1.82, 2.24) is 9.80 Å². The number of aliphatic hydroxyl groups excluding tert-OH is 1. The molecule has 0 unspecified atom stereocenters. The van der Waals surface area contributed by atoms with E-state index in [2.05, 4.69) is 21.9 Å². The first kappa shape index (κ1) is 21.4. The third-order valence-corrected chi connectivity index (χ3v) is 6.38. The van der Waals surface area contributed by atoms with Crippen molar-refractivity contribution in [1.29, 1.82) is 0 Å². The van der Waals surface area contributed by atoms with Crippen molar-refractivity contribution in [3.05, 3.63) is 29.8 Å². The van der Waals surface area contributed by atoms with E-state index in [1.54, 1.807) is 0 Å².